The van der Waals surface area contributed by atoms with Gasteiger partial charge >= 0.3 is 0 Å². The molecule has 6 aromatic carbocycles. The van der Waals surface area contributed by atoms with Crippen molar-refractivity contribution in [1.29, 1.82) is 0 Å². The third kappa shape index (κ3) is 65.2. The summed E-state index contributed by atoms with van der Waals surface area (Å²) in [4.78, 5) is 18.9. The Balaban J connectivity index is -0.000000255. The number of benzene rings is 6. The number of hydrogen-bond acceptors (Lipinski definition) is 0. The second kappa shape index (κ2) is 83.5. The number of para-hydroxylation sites is 6. The highest BCUT2D eigenvalue weighted by molar-refractivity contribution is 5.31. The first-order chi connectivity index (χ1) is 50.1. The number of nitrogens with one attached hydrogen (secondary N) is 12. The van der Waals surface area contributed by atoms with Crippen molar-refractivity contribution in [2.75, 3.05) is 199 Å². The fourth-order valence-electron chi connectivity index (χ4n) is 10.0. The van der Waals surface area contributed by atoms with E-state index in [0.717, 1.165) is 0 Å². The third-order valence-corrected chi connectivity index (χ3v) is 19.7. The molecule has 0 radical (unpaired) electrons. The highest BCUT2D eigenvalue weighted by Crippen LogP contribution is 2.02. The Hall–Kier alpha value is -5.16. The van der Waals surface area contributed by atoms with E-state index in [2.05, 4.69) is 390 Å². The van der Waals surface area contributed by atoms with E-state index in [4.69, 9.17) is 0 Å². The number of hydrogen-bond donors (Lipinski definition) is 12. The number of quaternary nitrogens is 12. The van der Waals surface area contributed by atoms with E-state index in [-0.39, 0.29) is 0 Å². The molecule has 0 spiro atoms. The van der Waals surface area contributed by atoms with E-state index in [1.54, 1.807) is 58.8 Å². The van der Waals surface area contributed by atoms with Gasteiger partial charge in [-0.25, -0.2) is 0 Å². The summed E-state index contributed by atoms with van der Waals surface area (Å²) in [6.07, 6.45) is 2.55. The Morgan fingerprint density at radius 2 is 0.269 bits per heavy atom. The second-order valence-corrected chi connectivity index (χ2v) is 26.8. The van der Waals surface area contributed by atoms with E-state index in [9.17, 15) is 0 Å². The van der Waals surface area contributed by atoms with Crippen LogP contribution in [0, 0.1) is 0 Å². The van der Waals surface area contributed by atoms with Gasteiger partial charge in [0.15, 0.2) is 0 Å². The van der Waals surface area contributed by atoms with Crippen molar-refractivity contribution in [2.24, 2.45) is 0 Å². The molecule has 0 heterocycles. The average molecular weight is 1460 g/mol. The Labute approximate surface area is 649 Å². The van der Waals surface area contributed by atoms with Crippen molar-refractivity contribution in [3.63, 3.8) is 0 Å². The standard InChI is InChI=1S/C11H17N.5C10H15N.C6H15N.5C5H13N/c1-3-10-12(4-2)11-8-6-5-7-9-11;5*1-3-11(4-2)10-8-6-5-7-9-10;1-4-6-7(3)5-2;5*1-4-6(3)5-2/h5-9H,3-4,10H2,1-2H3;5*5-9H,3-4H2,1-2H3;4-6H2,1-3H3;5*4-5H2,1-3H3/p+12. The Morgan fingerprint density at radius 3 is 0.356 bits per heavy atom. The summed E-state index contributed by atoms with van der Waals surface area (Å²) in [5.74, 6) is 0. The molecule has 104 heavy (non-hydrogen) atoms. The summed E-state index contributed by atoms with van der Waals surface area (Å²) in [5, 5.41) is 0. The summed E-state index contributed by atoms with van der Waals surface area (Å²) < 4.78 is 0. The van der Waals surface area contributed by atoms with Gasteiger partial charge in [-0.1, -0.05) is 123 Å². The van der Waals surface area contributed by atoms with E-state index in [0.29, 0.717) is 0 Å². The van der Waals surface area contributed by atoms with Gasteiger partial charge in [0.2, 0.25) is 0 Å². The molecule has 600 valence electrons. The normalized spacial score (nSPS) is 10.8. The largest absolute Gasteiger partial charge is 0.338 e. The van der Waals surface area contributed by atoms with Crippen LogP contribution in [0.2, 0.25) is 0 Å². The first-order valence-electron chi connectivity index (χ1n) is 42.4. The van der Waals surface area contributed by atoms with Gasteiger partial charge in [0, 0.05) is 0 Å². The summed E-state index contributed by atoms with van der Waals surface area (Å²) in [7, 11) is 13.2. The summed E-state index contributed by atoms with van der Waals surface area (Å²) in [6.45, 7) is 82.1. The molecule has 0 aliphatic heterocycles. The van der Waals surface area contributed by atoms with Gasteiger partial charge in [0.25, 0.3) is 0 Å². The van der Waals surface area contributed by atoms with Crippen LogP contribution in [-0.4, -0.2) is 199 Å². The molecule has 0 bridgehead atoms. The molecule has 12 heteroatoms. The summed E-state index contributed by atoms with van der Waals surface area (Å²) in [6, 6.07) is 63.8. The molecule has 0 aliphatic rings. The molecular formula is C92H184N12+12. The molecule has 0 aliphatic carbocycles. The van der Waals surface area contributed by atoms with Gasteiger partial charge < -0.3 is 58.8 Å². The molecule has 0 saturated carbocycles. The van der Waals surface area contributed by atoms with Crippen LogP contribution in [0.1, 0.15) is 179 Å². The molecule has 12 nitrogen and oxygen atoms in total. The van der Waals surface area contributed by atoms with Crippen molar-refractivity contribution < 1.29 is 58.8 Å². The molecule has 0 fully saturated rings. The first-order valence-corrected chi connectivity index (χ1v) is 42.4. The molecular weight excluding hydrogens is 1270 g/mol. The van der Waals surface area contributed by atoms with Crippen molar-refractivity contribution in [2.45, 2.75) is 179 Å². The molecule has 6 rings (SSSR count). The van der Waals surface area contributed by atoms with Gasteiger partial charge in [-0.15, -0.1) is 0 Å². The highest BCUT2D eigenvalue weighted by atomic mass is 15.1. The molecule has 0 aromatic heterocycles. The monoisotopic (exact) mass is 1460 g/mol. The van der Waals surface area contributed by atoms with Crippen molar-refractivity contribution in [3.05, 3.63) is 182 Å². The SMILES string of the molecule is CCC[NH+](C)CC.CCC[NH+](CC)c1ccccc1.CC[NH+](C)CC.CC[NH+](C)CC.CC[NH+](C)CC.CC[NH+](C)CC.CC[NH+](C)CC.CC[NH+](CC)c1ccccc1.CC[NH+](CC)c1ccccc1.CC[NH+](CC)c1ccccc1.CC[NH+](CC)c1ccccc1.CC[NH+](CC)c1ccccc1. The van der Waals surface area contributed by atoms with Crippen LogP contribution in [0.3, 0.4) is 0 Å². The molecule has 2 atom stereocenters. The maximum atomic E-state index is 2.23. The number of rotatable bonds is 32. The molecule has 0 amide bonds. The zero-order valence-electron chi connectivity index (χ0n) is 74.7. The average Bonchev–Trinajstić information content (AvgIpc) is 1.07. The Morgan fingerprint density at radius 1 is 0.144 bits per heavy atom. The zero-order valence-corrected chi connectivity index (χ0v) is 74.7. The molecule has 6 aromatic rings. The van der Waals surface area contributed by atoms with Crippen molar-refractivity contribution in [3.8, 4) is 0 Å². The van der Waals surface area contributed by atoms with Gasteiger partial charge in [0.05, 0.1) is 199 Å². The smallest absolute Gasteiger partial charge is 0.131 e. The van der Waals surface area contributed by atoms with Gasteiger partial charge in [-0.05, 0) is 238 Å². The third-order valence-electron chi connectivity index (χ3n) is 19.7. The summed E-state index contributed by atoms with van der Waals surface area (Å²) in [5.41, 5.74) is 8.42. The minimum Gasteiger partial charge on any atom is -0.338 e. The molecule has 0 saturated heterocycles. The van der Waals surface area contributed by atoms with E-state index >= 15 is 0 Å². The van der Waals surface area contributed by atoms with Crippen molar-refractivity contribution >= 4 is 34.1 Å². The molecule has 2 unspecified atom stereocenters. The fourth-order valence-corrected chi connectivity index (χ4v) is 10.0. The zero-order chi connectivity index (χ0) is 80.0. The van der Waals surface area contributed by atoms with Crippen LogP contribution in [0.5, 0.6) is 0 Å². The lowest BCUT2D eigenvalue weighted by Gasteiger charge is -2.15. The van der Waals surface area contributed by atoms with Crippen LogP contribution in [0.25, 0.3) is 0 Å². The lowest BCUT2D eigenvalue weighted by molar-refractivity contribution is -0.877. The van der Waals surface area contributed by atoms with Crippen molar-refractivity contribution in [1.82, 2.24) is 0 Å². The lowest BCUT2D eigenvalue weighted by Crippen LogP contribution is -3.08. The lowest BCUT2D eigenvalue weighted by atomic mass is 10.3. The first kappa shape index (κ1) is 110. The molecule has 12 N–H and O–H groups in total. The van der Waals surface area contributed by atoms with Gasteiger partial charge in [0.1, 0.15) is 34.1 Å². The maximum absolute atomic E-state index is 2.23. The van der Waals surface area contributed by atoms with E-state index < -0.39 is 0 Å². The quantitative estimate of drug-likeness (QED) is 0.0266. The minimum absolute atomic E-state index is 1.17. The Kier molecular flexibility index (Phi) is 88.1. The fraction of sp³-hybridized carbons (Fsp3) is 0.609. The van der Waals surface area contributed by atoms with E-state index in [1.165, 1.54) is 204 Å². The van der Waals surface area contributed by atoms with Crippen LogP contribution >= 0.6 is 0 Å². The van der Waals surface area contributed by atoms with Crippen LogP contribution < -0.4 is 58.8 Å². The highest BCUT2D eigenvalue weighted by Gasteiger charge is 2.09. The summed E-state index contributed by atoms with van der Waals surface area (Å²) >= 11 is 0. The predicted octanol–water partition coefficient (Wildman–Crippen LogP) is 5.48. The minimum atomic E-state index is 1.17. The van der Waals surface area contributed by atoms with Crippen LogP contribution in [-0.2, 0) is 0 Å². The van der Waals surface area contributed by atoms with Crippen LogP contribution in [0.15, 0.2) is 182 Å². The maximum Gasteiger partial charge on any atom is 0.131 e. The van der Waals surface area contributed by atoms with Gasteiger partial charge in [-0.3, -0.25) is 0 Å². The topological polar surface area (TPSA) is 53.3 Å². The van der Waals surface area contributed by atoms with Gasteiger partial charge in [-0.2, -0.15) is 0 Å². The Bertz CT molecular complexity index is 2110. The second-order valence-electron chi connectivity index (χ2n) is 26.8. The van der Waals surface area contributed by atoms with E-state index in [1.807, 2.05) is 0 Å². The predicted molar refractivity (Wildman–Crippen MR) is 466 cm³/mol. The van der Waals surface area contributed by atoms with Crippen LogP contribution in [0.4, 0.5) is 34.1 Å².